The molecule has 0 saturated heterocycles. The average Bonchev–Trinajstić information content (AvgIpc) is 3.35. The van der Waals surface area contributed by atoms with E-state index in [-0.39, 0.29) is 0 Å². The summed E-state index contributed by atoms with van der Waals surface area (Å²) in [6.07, 6.45) is 8.85. The summed E-state index contributed by atoms with van der Waals surface area (Å²) in [5, 5.41) is 8.42. The molecule has 62 heavy (non-hydrogen) atoms. The molecule has 2 nitrogen and oxygen atoms in total. The van der Waals surface area contributed by atoms with E-state index >= 15 is 0 Å². The van der Waals surface area contributed by atoms with E-state index < -0.39 is 14.5 Å². The predicted octanol–water partition coefficient (Wildman–Crippen LogP) is 12.5. The molecule has 0 unspecified atom stereocenters. The van der Waals surface area contributed by atoms with Crippen LogP contribution < -0.4 is 41.3 Å². The summed E-state index contributed by atoms with van der Waals surface area (Å²) in [5.41, 5.74) is 2.66. The van der Waals surface area contributed by atoms with E-state index in [9.17, 15) is 0 Å². The molecule has 0 aliphatic carbocycles. The first-order valence-corrected chi connectivity index (χ1v) is 26.2. The predicted molar refractivity (Wildman–Crippen MR) is 269 cm³/mol. The summed E-state index contributed by atoms with van der Waals surface area (Å²) < 4.78 is 12.5. The van der Waals surface area contributed by atoms with Gasteiger partial charge in [0.25, 0.3) is 0 Å². The van der Waals surface area contributed by atoms with Gasteiger partial charge in [0.1, 0.15) is 57.9 Å². The van der Waals surface area contributed by atoms with Crippen LogP contribution in [0.3, 0.4) is 0 Å². The largest absolute Gasteiger partial charge is 0.494 e. The lowest BCUT2D eigenvalue weighted by molar-refractivity contribution is 0.297. The van der Waals surface area contributed by atoms with E-state index in [1.165, 1.54) is 68.6 Å². The van der Waals surface area contributed by atoms with Crippen molar-refractivity contribution >= 4 is 46.4 Å². The Morgan fingerprint density at radius 1 is 0.242 bits per heavy atom. The minimum Gasteiger partial charge on any atom is -0.494 e. The number of benzene rings is 8. The molecular weight excluding hydrogens is 791 g/mol. The third-order valence-electron chi connectivity index (χ3n) is 11.9. The standard InChI is InChI=1S/C58H58O2P2/c1(3-23-45-59-51-41-37-49(38-42-51)47-61(53-25-11-5-12-26-53,54-27-13-6-14-28-54)55-29-15-7-16-30-55)2-4-24-46-60-52-43-39-50(40-44-52)48-62(56-31-17-8-18-32-56,57-33-19-9-20-34-57)58-35-21-10-22-36-58/h5-22,25-44H,1-4,23-24,45-48H2/q+2. The Labute approximate surface area is 371 Å². The van der Waals surface area contributed by atoms with Crippen LogP contribution in [0.4, 0.5) is 0 Å². The molecular formula is C58H58O2P2+2. The zero-order valence-corrected chi connectivity index (χ0v) is 37.5. The summed E-state index contributed by atoms with van der Waals surface area (Å²) in [4.78, 5) is 0. The highest BCUT2D eigenvalue weighted by Gasteiger charge is 2.46. The van der Waals surface area contributed by atoms with Crippen LogP contribution in [-0.2, 0) is 12.3 Å². The third-order valence-corrected chi connectivity index (χ3v) is 20.7. The Bertz CT molecular complexity index is 2110. The van der Waals surface area contributed by atoms with Gasteiger partial charge < -0.3 is 9.47 Å². The second-order valence-corrected chi connectivity index (χ2v) is 23.0. The van der Waals surface area contributed by atoms with Crippen molar-refractivity contribution in [3.05, 3.63) is 242 Å². The van der Waals surface area contributed by atoms with Gasteiger partial charge in [0.2, 0.25) is 0 Å². The van der Waals surface area contributed by atoms with Crippen molar-refractivity contribution in [1.29, 1.82) is 0 Å². The van der Waals surface area contributed by atoms with E-state index in [1.807, 2.05) is 0 Å². The molecule has 0 heterocycles. The SMILES string of the molecule is c1ccc([P+](Cc2ccc(OCCCCCCCCOc3ccc(C[P+](c4ccccc4)(c4ccccc4)c4ccccc4)cc3)cc2)(c2ccccc2)c2ccccc2)cc1. The van der Waals surface area contributed by atoms with E-state index in [0.29, 0.717) is 0 Å². The average molecular weight is 849 g/mol. The molecule has 0 saturated carbocycles. The topological polar surface area (TPSA) is 18.5 Å². The fourth-order valence-corrected chi connectivity index (χ4v) is 17.2. The highest BCUT2D eigenvalue weighted by molar-refractivity contribution is 7.95. The zero-order chi connectivity index (χ0) is 42.1. The Hall–Kier alpha value is -5.78. The van der Waals surface area contributed by atoms with E-state index in [1.54, 1.807) is 0 Å². The van der Waals surface area contributed by atoms with Crippen LogP contribution in [-0.4, -0.2) is 13.2 Å². The molecule has 310 valence electrons. The lowest BCUT2D eigenvalue weighted by Gasteiger charge is -2.28. The molecule has 0 bridgehead atoms. The first-order chi connectivity index (χ1) is 30.7. The molecule has 8 aromatic rings. The molecule has 8 aromatic carbocycles. The smallest absolute Gasteiger partial charge is 0.119 e. The molecule has 0 fully saturated rings. The molecule has 0 atom stereocenters. The number of hydrogen-bond acceptors (Lipinski definition) is 2. The molecule has 8 rings (SSSR count). The minimum absolute atomic E-state index is 0.749. The number of hydrogen-bond donors (Lipinski definition) is 0. The molecule has 0 aromatic heterocycles. The van der Waals surface area contributed by atoms with Gasteiger partial charge >= 0.3 is 0 Å². The van der Waals surface area contributed by atoms with Crippen molar-refractivity contribution in [2.45, 2.75) is 50.8 Å². The fraction of sp³-hybridized carbons (Fsp3) is 0.172. The maximum Gasteiger partial charge on any atom is 0.119 e. The van der Waals surface area contributed by atoms with Crippen LogP contribution in [0.5, 0.6) is 11.5 Å². The molecule has 0 aliphatic heterocycles. The van der Waals surface area contributed by atoms with Crippen molar-refractivity contribution < 1.29 is 9.47 Å². The lowest BCUT2D eigenvalue weighted by Crippen LogP contribution is -2.32. The normalized spacial score (nSPS) is 11.5. The highest BCUT2D eigenvalue weighted by atomic mass is 31.2. The summed E-state index contributed by atoms with van der Waals surface area (Å²) in [6.45, 7) is 1.50. The summed E-state index contributed by atoms with van der Waals surface area (Å²) in [6, 6.07) is 84.3. The first-order valence-electron chi connectivity index (χ1n) is 22.3. The van der Waals surface area contributed by atoms with Crippen molar-refractivity contribution in [2.75, 3.05) is 13.2 Å². The van der Waals surface area contributed by atoms with Gasteiger partial charge in [-0.1, -0.05) is 159 Å². The summed E-state index contributed by atoms with van der Waals surface area (Å²) in [5.74, 6) is 1.90. The molecule has 0 amide bonds. The fourth-order valence-electron chi connectivity index (χ4n) is 8.76. The molecule has 0 spiro atoms. The second kappa shape index (κ2) is 21.8. The monoisotopic (exact) mass is 848 g/mol. The number of ether oxygens (including phenoxy) is 2. The number of rotatable bonds is 21. The van der Waals surface area contributed by atoms with E-state index in [2.05, 4.69) is 231 Å². The maximum atomic E-state index is 6.23. The van der Waals surface area contributed by atoms with Gasteiger partial charge in [0.05, 0.1) is 25.5 Å². The van der Waals surface area contributed by atoms with Crippen LogP contribution in [0.25, 0.3) is 0 Å². The highest BCUT2D eigenvalue weighted by Crippen LogP contribution is 2.59. The Balaban J connectivity index is 0.779. The van der Waals surface area contributed by atoms with Gasteiger partial charge in [0.15, 0.2) is 0 Å². The lowest BCUT2D eigenvalue weighted by atomic mass is 10.1. The molecule has 0 aliphatic rings. The Morgan fingerprint density at radius 2 is 0.468 bits per heavy atom. The van der Waals surface area contributed by atoms with Gasteiger partial charge in [-0.05, 0) is 121 Å². The maximum absolute atomic E-state index is 6.23. The van der Waals surface area contributed by atoms with Crippen molar-refractivity contribution in [1.82, 2.24) is 0 Å². The van der Waals surface area contributed by atoms with Gasteiger partial charge in [-0.3, -0.25) is 0 Å². The van der Waals surface area contributed by atoms with Crippen LogP contribution in [0.2, 0.25) is 0 Å². The van der Waals surface area contributed by atoms with E-state index in [0.717, 1.165) is 49.9 Å². The van der Waals surface area contributed by atoms with Crippen molar-refractivity contribution in [3.8, 4) is 11.5 Å². The molecule has 0 radical (unpaired) electrons. The number of unbranched alkanes of at least 4 members (excludes halogenated alkanes) is 5. The van der Waals surface area contributed by atoms with Gasteiger partial charge in [0, 0.05) is 0 Å². The quantitative estimate of drug-likeness (QED) is 0.0530. The zero-order valence-electron chi connectivity index (χ0n) is 35.7. The van der Waals surface area contributed by atoms with Crippen LogP contribution in [0.1, 0.15) is 49.7 Å². The summed E-state index contributed by atoms with van der Waals surface area (Å²) in [7, 11) is -3.87. The first kappa shape index (κ1) is 42.9. The van der Waals surface area contributed by atoms with Gasteiger partial charge in [-0.2, -0.15) is 0 Å². The van der Waals surface area contributed by atoms with Crippen LogP contribution in [0, 0.1) is 0 Å². The van der Waals surface area contributed by atoms with Gasteiger partial charge in [-0.25, -0.2) is 0 Å². The Kier molecular flexibility index (Phi) is 15.1. The van der Waals surface area contributed by atoms with Crippen LogP contribution >= 0.6 is 14.5 Å². The minimum atomic E-state index is -1.93. The van der Waals surface area contributed by atoms with Crippen molar-refractivity contribution in [3.63, 3.8) is 0 Å². The summed E-state index contributed by atoms with van der Waals surface area (Å²) >= 11 is 0. The Morgan fingerprint density at radius 3 is 0.710 bits per heavy atom. The van der Waals surface area contributed by atoms with E-state index in [4.69, 9.17) is 9.47 Å². The van der Waals surface area contributed by atoms with Crippen LogP contribution in [0.15, 0.2) is 231 Å². The molecule has 4 heteroatoms. The molecule has 0 N–H and O–H groups in total. The van der Waals surface area contributed by atoms with Gasteiger partial charge in [-0.15, -0.1) is 0 Å². The third kappa shape index (κ3) is 10.5. The second-order valence-electron chi connectivity index (χ2n) is 16.1. The van der Waals surface area contributed by atoms with Crippen molar-refractivity contribution in [2.24, 2.45) is 0 Å².